The van der Waals surface area contributed by atoms with Crippen molar-refractivity contribution in [1.29, 1.82) is 0 Å². The Hall–Kier alpha value is -2.29. The summed E-state index contributed by atoms with van der Waals surface area (Å²) in [5.41, 5.74) is 6.37. The van der Waals surface area contributed by atoms with E-state index < -0.39 is 0 Å². The van der Waals surface area contributed by atoms with Crippen molar-refractivity contribution in [3.63, 3.8) is 0 Å². The number of aryl methyl sites for hydroxylation is 2. The molecule has 3 rings (SSSR count). The molecule has 1 aromatic heterocycles. The van der Waals surface area contributed by atoms with Crippen LogP contribution in [0.4, 0.5) is 11.5 Å². The molecule has 1 aliphatic heterocycles. The van der Waals surface area contributed by atoms with Crippen LogP contribution in [-0.2, 0) is 5.41 Å². The Morgan fingerprint density at radius 3 is 2.65 bits per heavy atom. The van der Waals surface area contributed by atoms with E-state index in [2.05, 4.69) is 79.6 Å². The van der Waals surface area contributed by atoms with Crippen LogP contribution in [-0.4, -0.2) is 28.5 Å². The standard InChI is InChI=1S/C20H24N3/c1-14-12-15(2)19(22-13-14)21-11-10-18-20(3,4)16-8-6-7-9-17(16)23(18)5/h6-9,11-13H,10H2,1-5H3/q+1. The average molecular weight is 306 g/mol. The van der Waals surface area contributed by atoms with Gasteiger partial charge in [-0.2, -0.15) is 0 Å². The van der Waals surface area contributed by atoms with E-state index in [9.17, 15) is 0 Å². The Balaban J connectivity index is 1.86. The zero-order valence-electron chi connectivity index (χ0n) is 14.6. The molecule has 0 saturated heterocycles. The molecule has 0 aliphatic carbocycles. The molecule has 0 spiro atoms. The number of aliphatic imine (C=N–C) groups is 1. The molecule has 3 nitrogen and oxygen atoms in total. The third-order valence-corrected chi connectivity index (χ3v) is 4.75. The van der Waals surface area contributed by atoms with Gasteiger partial charge in [-0.25, -0.2) is 14.6 Å². The van der Waals surface area contributed by atoms with Gasteiger partial charge in [-0.1, -0.05) is 24.3 Å². The lowest BCUT2D eigenvalue weighted by molar-refractivity contribution is -0.403. The summed E-state index contributed by atoms with van der Waals surface area (Å²) >= 11 is 0. The van der Waals surface area contributed by atoms with Gasteiger partial charge in [0, 0.05) is 24.0 Å². The number of rotatable bonds is 3. The smallest absolute Gasteiger partial charge is 0.209 e. The summed E-state index contributed by atoms with van der Waals surface area (Å²) in [5.74, 6) is 0.812. The fraction of sp³-hybridized carbons (Fsp3) is 0.350. The molecule has 0 fully saturated rings. The molecule has 0 radical (unpaired) electrons. The number of pyridine rings is 1. The van der Waals surface area contributed by atoms with Crippen LogP contribution >= 0.6 is 0 Å². The van der Waals surface area contributed by atoms with Crippen molar-refractivity contribution in [2.75, 3.05) is 7.05 Å². The fourth-order valence-corrected chi connectivity index (χ4v) is 3.47. The molecular formula is C20H24N3+. The van der Waals surface area contributed by atoms with Crippen LogP contribution < -0.4 is 0 Å². The lowest BCUT2D eigenvalue weighted by Gasteiger charge is -2.16. The van der Waals surface area contributed by atoms with Crippen LogP contribution in [0.5, 0.6) is 0 Å². The zero-order chi connectivity index (χ0) is 16.6. The molecule has 0 atom stereocenters. The Morgan fingerprint density at radius 2 is 1.96 bits per heavy atom. The highest BCUT2D eigenvalue weighted by Gasteiger charge is 2.43. The van der Waals surface area contributed by atoms with Crippen LogP contribution in [0.15, 0.2) is 41.5 Å². The van der Waals surface area contributed by atoms with Gasteiger partial charge in [0.2, 0.25) is 5.69 Å². The molecule has 2 heterocycles. The SMILES string of the molecule is Cc1cnc(N=CCC2=[N+](C)c3ccccc3C2(C)C)c(C)c1. The minimum Gasteiger partial charge on any atom is -0.241 e. The molecule has 2 aromatic rings. The summed E-state index contributed by atoms with van der Waals surface area (Å²) in [7, 11) is 2.14. The lowest BCUT2D eigenvalue weighted by atomic mass is 9.80. The fourth-order valence-electron chi connectivity index (χ4n) is 3.47. The maximum Gasteiger partial charge on any atom is 0.209 e. The summed E-state index contributed by atoms with van der Waals surface area (Å²) in [6.07, 6.45) is 4.69. The molecular weight excluding hydrogens is 282 g/mol. The summed E-state index contributed by atoms with van der Waals surface area (Å²) < 4.78 is 2.30. The Kier molecular flexibility index (Phi) is 3.88. The summed E-state index contributed by atoms with van der Waals surface area (Å²) in [5, 5.41) is 0. The number of hydrogen-bond acceptors (Lipinski definition) is 2. The highest BCUT2D eigenvalue weighted by molar-refractivity contribution is 6.02. The van der Waals surface area contributed by atoms with Crippen LogP contribution in [0.3, 0.4) is 0 Å². The number of hydrogen-bond donors (Lipinski definition) is 0. The van der Waals surface area contributed by atoms with Crippen LogP contribution in [0, 0.1) is 13.8 Å². The van der Waals surface area contributed by atoms with Crippen molar-refractivity contribution < 1.29 is 4.58 Å². The number of fused-ring (bicyclic) bond motifs is 1. The third kappa shape index (κ3) is 2.72. The zero-order valence-corrected chi connectivity index (χ0v) is 14.6. The molecule has 23 heavy (non-hydrogen) atoms. The Morgan fingerprint density at radius 1 is 1.22 bits per heavy atom. The minimum absolute atomic E-state index is 0.0348. The molecule has 118 valence electrons. The predicted octanol–water partition coefficient (Wildman–Crippen LogP) is 4.50. The average Bonchev–Trinajstić information content (AvgIpc) is 2.70. The number of benzene rings is 1. The van der Waals surface area contributed by atoms with E-state index >= 15 is 0 Å². The van der Waals surface area contributed by atoms with E-state index in [0.717, 1.165) is 17.8 Å². The van der Waals surface area contributed by atoms with Crippen molar-refractivity contribution in [2.45, 2.75) is 39.5 Å². The maximum absolute atomic E-state index is 4.59. The van der Waals surface area contributed by atoms with Gasteiger partial charge in [0.05, 0.1) is 11.8 Å². The van der Waals surface area contributed by atoms with Gasteiger partial charge in [0.1, 0.15) is 7.05 Å². The highest BCUT2D eigenvalue weighted by Crippen LogP contribution is 2.39. The van der Waals surface area contributed by atoms with E-state index in [0.29, 0.717) is 0 Å². The first kappa shape index (κ1) is 15.6. The van der Waals surface area contributed by atoms with E-state index in [1.165, 1.54) is 22.5 Å². The molecule has 0 saturated carbocycles. The molecule has 0 amide bonds. The van der Waals surface area contributed by atoms with Crippen molar-refractivity contribution in [2.24, 2.45) is 4.99 Å². The van der Waals surface area contributed by atoms with Crippen molar-refractivity contribution in [3.8, 4) is 0 Å². The van der Waals surface area contributed by atoms with Gasteiger partial charge in [-0.3, -0.25) is 0 Å². The summed E-state index contributed by atoms with van der Waals surface area (Å²) in [6, 6.07) is 10.7. The first-order valence-corrected chi connectivity index (χ1v) is 8.06. The van der Waals surface area contributed by atoms with Crippen LogP contribution in [0.25, 0.3) is 0 Å². The van der Waals surface area contributed by atoms with Crippen LogP contribution in [0.2, 0.25) is 0 Å². The van der Waals surface area contributed by atoms with Crippen molar-refractivity contribution >= 4 is 23.4 Å². The second-order valence-corrected chi connectivity index (χ2v) is 6.82. The van der Waals surface area contributed by atoms with Crippen LogP contribution in [0.1, 0.15) is 37.0 Å². The normalized spacial score (nSPS) is 16.2. The van der Waals surface area contributed by atoms with Gasteiger partial charge in [0.15, 0.2) is 11.5 Å². The Labute approximate surface area is 138 Å². The monoisotopic (exact) mass is 306 g/mol. The van der Waals surface area contributed by atoms with E-state index in [1.807, 2.05) is 12.4 Å². The number of para-hydroxylation sites is 1. The molecule has 0 unspecified atom stereocenters. The molecule has 1 aliphatic rings. The lowest BCUT2D eigenvalue weighted by Crippen LogP contribution is -2.28. The van der Waals surface area contributed by atoms with Gasteiger partial charge in [0.25, 0.3) is 0 Å². The topological polar surface area (TPSA) is 28.3 Å². The van der Waals surface area contributed by atoms with E-state index in [1.54, 1.807) is 0 Å². The molecule has 3 heteroatoms. The Bertz CT molecular complexity index is 813. The first-order valence-electron chi connectivity index (χ1n) is 8.06. The van der Waals surface area contributed by atoms with Crippen molar-refractivity contribution in [3.05, 3.63) is 53.2 Å². The molecule has 0 N–H and O–H groups in total. The third-order valence-electron chi connectivity index (χ3n) is 4.75. The molecule has 0 bridgehead atoms. The predicted molar refractivity (Wildman–Crippen MR) is 96.8 cm³/mol. The number of aromatic nitrogens is 1. The second kappa shape index (κ2) is 5.73. The van der Waals surface area contributed by atoms with Crippen molar-refractivity contribution in [1.82, 2.24) is 4.98 Å². The van der Waals surface area contributed by atoms with Gasteiger partial charge in [-0.05, 0) is 38.8 Å². The highest BCUT2D eigenvalue weighted by atomic mass is 15.0. The minimum atomic E-state index is 0.0348. The van der Waals surface area contributed by atoms with Gasteiger partial charge in [-0.15, -0.1) is 0 Å². The summed E-state index contributed by atoms with van der Waals surface area (Å²) in [4.78, 5) is 9.01. The van der Waals surface area contributed by atoms with Gasteiger partial charge >= 0.3 is 0 Å². The second-order valence-electron chi connectivity index (χ2n) is 6.82. The maximum atomic E-state index is 4.59. The van der Waals surface area contributed by atoms with Gasteiger partial charge < -0.3 is 0 Å². The number of nitrogens with zero attached hydrogens (tertiary/aromatic N) is 3. The molecule has 1 aromatic carbocycles. The summed E-state index contributed by atoms with van der Waals surface area (Å²) in [6.45, 7) is 8.68. The first-order chi connectivity index (χ1) is 10.9. The van der Waals surface area contributed by atoms with E-state index in [4.69, 9.17) is 0 Å². The largest absolute Gasteiger partial charge is 0.241 e. The quantitative estimate of drug-likeness (QED) is 0.606. The van der Waals surface area contributed by atoms with E-state index in [-0.39, 0.29) is 5.41 Å².